The van der Waals surface area contributed by atoms with Crippen molar-refractivity contribution in [3.8, 4) is 22.6 Å². The second-order valence-corrected chi connectivity index (χ2v) is 5.53. The molecular formula is C17H14ClN5O. The van der Waals surface area contributed by atoms with Crippen molar-refractivity contribution in [2.45, 2.75) is 0 Å². The van der Waals surface area contributed by atoms with E-state index in [1.165, 1.54) is 0 Å². The van der Waals surface area contributed by atoms with Gasteiger partial charge in [0.25, 0.3) is 0 Å². The fourth-order valence-corrected chi connectivity index (χ4v) is 2.61. The second-order valence-electron chi connectivity index (χ2n) is 5.15. The Hall–Kier alpha value is -3.12. The molecule has 0 radical (unpaired) electrons. The largest absolute Gasteiger partial charge is 0.384 e. The quantitative estimate of drug-likeness (QED) is 0.430. The summed E-state index contributed by atoms with van der Waals surface area (Å²) in [5, 5.41) is 19.4. The fourth-order valence-electron chi connectivity index (χ4n) is 2.29. The van der Waals surface area contributed by atoms with Crippen LogP contribution in [0.15, 0.2) is 53.1 Å². The highest BCUT2D eigenvalue weighted by Gasteiger charge is 2.15. The molecule has 120 valence electrons. The molecule has 7 heteroatoms. The summed E-state index contributed by atoms with van der Waals surface area (Å²) in [5.41, 5.74) is 14.1. The summed E-state index contributed by atoms with van der Waals surface area (Å²) >= 11 is 6.30. The number of hydrogen-bond acceptors (Lipinski definition) is 4. The van der Waals surface area contributed by atoms with Crippen molar-refractivity contribution in [2.75, 3.05) is 0 Å². The topological polar surface area (TPSA) is 126 Å². The number of nitrogens with one attached hydrogen (secondary N) is 2. The lowest BCUT2D eigenvalue weighted by atomic mass is 10.1. The molecule has 0 atom stereocenters. The minimum Gasteiger partial charge on any atom is -0.384 e. The summed E-state index contributed by atoms with van der Waals surface area (Å²) in [6, 6.07) is 14.1. The molecule has 0 unspecified atom stereocenters. The first kappa shape index (κ1) is 15.8. The molecule has 0 fully saturated rings. The van der Waals surface area contributed by atoms with Gasteiger partial charge in [-0.1, -0.05) is 47.1 Å². The molecule has 0 aliphatic carbocycles. The van der Waals surface area contributed by atoms with Crippen molar-refractivity contribution >= 4 is 23.3 Å². The average Bonchev–Trinajstić information content (AvgIpc) is 3.04. The van der Waals surface area contributed by atoms with Gasteiger partial charge in [0, 0.05) is 28.3 Å². The van der Waals surface area contributed by atoms with Gasteiger partial charge >= 0.3 is 0 Å². The lowest BCUT2D eigenvalue weighted by Gasteiger charge is -2.05. The first-order valence-corrected chi connectivity index (χ1v) is 7.40. The van der Waals surface area contributed by atoms with Crippen LogP contribution in [0.1, 0.15) is 11.1 Å². The first-order valence-electron chi connectivity index (χ1n) is 7.02. The Bertz CT molecular complexity index is 930. The van der Waals surface area contributed by atoms with Gasteiger partial charge in [0.2, 0.25) is 0 Å². The molecular weight excluding hydrogens is 326 g/mol. The van der Waals surface area contributed by atoms with Gasteiger partial charge in [0.05, 0.1) is 5.02 Å². The molecule has 0 saturated heterocycles. The number of nitrogens with two attached hydrogens (primary N) is 2. The van der Waals surface area contributed by atoms with Crippen LogP contribution in [0.4, 0.5) is 0 Å². The summed E-state index contributed by atoms with van der Waals surface area (Å²) in [6.07, 6.45) is 0. The first-order chi connectivity index (χ1) is 11.5. The summed E-state index contributed by atoms with van der Waals surface area (Å²) in [6.45, 7) is 0. The van der Waals surface area contributed by atoms with E-state index in [1.807, 2.05) is 12.1 Å². The van der Waals surface area contributed by atoms with E-state index in [2.05, 4.69) is 5.16 Å². The van der Waals surface area contributed by atoms with Gasteiger partial charge in [0.1, 0.15) is 17.4 Å². The van der Waals surface area contributed by atoms with Gasteiger partial charge in [-0.2, -0.15) is 0 Å². The Labute approximate surface area is 143 Å². The smallest absolute Gasteiger partial charge is 0.169 e. The van der Waals surface area contributed by atoms with Crippen LogP contribution in [0.2, 0.25) is 5.02 Å². The number of amidine groups is 2. The number of rotatable bonds is 4. The third kappa shape index (κ3) is 2.87. The Kier molecular flexibility index (Phi) is 4.05. The summed E-state index contributed by atoms with van der Waals surface area (Å²) in [5.74, 6) is 0.380. The zero-order chi connectivity index (χ0) is 17.3. The number of nitrogen functional groups attached to an aromatic ring is 2. The van der Waals surface area contributed by atoms with Crippen molar-refractivity contribution in [1.29, 1.82) is 10.8 Å². The predicted molar refractivity (Wildman–Crippen MR) is 94.4 cm³/mol. The van der Waals surface area contributed by atoms with Crippen LogP contribution < -0.4 is 11.5 Å². The van der Waals surface area contributed by atoms with Gasteiger partial charge in [-0.05, 0) is 12.1 Å². The van der Waals surface area contributed by atoms with E-state index >= 15 is 0 Å². The monoisotopic (exact) mass is 339 g/mol. The van der Waals surface area contributed by atoms with E-state index < -0.39 is 0 Å². The van der Waals surface area contributed by atoms with Crippen LogP contribution in [0, 0.1) is 10.8 Å². The van der Waals surface area contributed by atoms with Crippen LogP contribution in [-0.4, -0.2) is 16.8 Å². The molecule has 0 bridgehead atoms. The number of halogens is 1. The zero-order valence-corrected chi connectivity index (χ0v) is 13.3. The Morgan fingerprint density at radius 3 is 2.33 bits per heavy atom. The summed E-state index contributed by atoms with van der Waals surface area (Å²) in [4.78, 5) is 0. The third-order valence-electron chi connectivity index (χ3n) is 3.56. The Morgan fingerprint density at radius 1 is 1.00 bits per heavy atom. The van der Waals surface area contributed by atoms with Crippen LogP contribution in [0.3, 0.4) is 0 Å². The SMILES string of the molecule is N=C(N)c1ccc(-c2cc(-c3cccc(C(=N)N)c3Cl)on2)cc1. The predicted octanol–water partition coefficient (Wildman–Crippen LogP) is 3.23. The van der Waals surface area contributed by atoms with E-state index in [-0.39, 0.29) is 11.7 Å². The molecule has 0 aliphatic heterocycles. The Morgan fingerprint density at radius 2 is 1.71 bits per heavy atom. The van der Waals surface area contributed by atoms with Crippen molar-refractivity contribution in [3.63, 3.8) is 0 Å². The van der Waals surface area contributed by atoms with Crippen LogP contribution >= 0.6 is 11.6 Å². The molecule has 1 aromatic heterocycles. The summed E-state index contributed by atoms with van der Waals surface area (Å²) in [7, 11) is 0. The maximum atomic E-state index is 7.55. The van der Waals surface area contributed by atoms with E-state index in [9.17, 15) is 0 Å². The average molecular weight is 340 g/mol. The molecule has 0 aliphatic rings. The highest BCUT2D eigenvalue weighted by molar-refractivity contribution is 6.36. The standard InChI is InChI=1S/C17H14ClN5O/c18-15-11(2-1-3-12(15)17(21)22)14-8-13(23-24-14)9-4-6-10(7-5-9)16(19)20/h1-8H,(H3,19,20)(H3,21,22). The normalized spacial score (nSPS) is 10.5. The minimum absolute atomic E-state index is 0.00946. The number of aromatic nitrogens is 1. The molecule has 3 aromatic rings. The van der Waals surface area contributed by atoms with Crippen molar-refractivity contribution in [2.24, 2.45) is 11.5 Å². The van der Waals surface area contributed by atoms with Crippen molar-refractivity contribution < 1.29 is 4.52 Å². The van der Waals surface area contributed by atoms with Gasteiger partial charge in [-0.3, -0.25) is 10.8 Å². The van der Waals surface area contributed by atoms with Crippen LogP contribution in [-0.2, 0) is 0 Å². The molecule has 6 N–H and O–H groups in total. The maximum absolute atomic E-state index is 7.55. The molecule has 2 aromatic carbocycles. The van der Waals surface area contributed by atoms with Crippen LogP contribution in [0.25, 0.3) is 22.6 Å². The van der Waals surface area contributed by atoms with E-state index in [0.717, 1.165) is 5.56 Å². The lowest BCUT2D eigenvalue weighted by molar-refractivity contribution is 0.435. The second kappa shape index (κ2) is 6.17. The van der Waals surface area contributed by atoms with Crippen molar-refractivity contribution in [1.82, 2.24) is 5.16 Å². The molecule has 0 saturated carbocycles. The lowest BCUT2D eigenvalue weighted by Crippen LogP contribution is -2.11. The molecule has 0 spiro atoms. The third-order valence-corrected chi connectivity index (χ3v) is 3.96. The summed E-state index contributed by atoms with van der Waals surface area (Å²) < 4.78 is 5.39. The molecule has 1 heterocycles. The molecule has 3 rings (SSSR count). The van der Waals surface area contributed by atoms with E-state index in [4.69, 9.17) is 38.4 Å². The van der Waals surface area contributed by atoms with Crippen LogP contribution in [0.5, 0.6) is 0 Å². The fraction of sp³-hybridized carbons (Fsp3) is 0. The number of hydrogen-bond donors (Lipinski definition) is 4. The highest BCUT2D eigenvalue weighted by atomic mass is 35.5. The van der Waals surface area contributed by atoms with Gasteiger partial charge in [0.15, 0.2) is 5.76 Å². The molecule has 24 heavy (non-hydrogen) atoms. The minimum atomic E-state index is -0.110. The number of nitrogens with zero attached hydrogens (tertiary/aromatic N) is 1. The Balaban J connectivity index is 1.98. The highest BCUT2D eigenvalue weighted by Crippen LogP contribution is 2.33. The van der Waals surface area contributed by atoms with E-state index in [0.29, 0.717) is 33.2 Å². The molecule has 6 nitrogen and oxygen atoms in total. The van der Waals surface area contributed by atoms with E-state index in [1.54, 1.807) is 36.4 Å². The van der Waals surface area contributed by atoms with Gasteiger partial charge in [-0.15, -0.1) is 0 Å². The van der Waals surface area contributed by atoms with Crippen molar-refractivity contribution in [3.05, 3.63) is 64.7 Å². The molecule has 0 amide bonds. The van der Waals surface area contributed by atoms with Gasteiger partial charge < -0.3 is 16.0 Å². The maximum Gasteiger partial charge on any atom is 0.169 e. The van der Waals surface area contributed by atoms with Gasteiger partial charge in [-0.25, -0.2) is 0 Å². The number of benzene rings is 2. The zero-order valence-electron chi connectivity index (χ0n) is 12.5.